The van der Waals surface area contributed by atoms with Gasteiger partial charge in [0.25, 0.3) is 0 Å². The minimum absolute atomic E-state index is 0.0522. The number of rotatable bonds is 7. The lowest BCUT2D eigenvalue weighted by molar-refractivity contribution is -0.00219. The highest BCUT2D eigenvalue weighted by atomic mass is 16.5. The molecule has 0 aliphatic carbocycles. The van der Waals surface area contributed by atoms with Gasteiger partial charge in [-0.15, -0.1) is 0 Å². The van der Waals surface area contributed by atoms with Crippen LogP contribution in [0.25, 0.3) is 0 Å². The van der Waals surface area contributed by atoms with Crippen LogP contribution in [0.5, 0.6) is 0 Å². The minimum Gasteiger partial charge on any atom is -0.394 e. The first-order valence-corrected chi connectivity index (χ1v) is 6.81. The summed E-state index contributed by atoms with van der Waals surface area (Å²) >= 11 is 0. The Hall–Kier alpha value is -0.160. The fraction of sp³-hybridized carbons (Fsp3) is 1.00. The molecule has 1 aliphatic rings. The molecule has 0 amide bonds. The zero-order valence-electron chi connectivity index (χ0n) is 11.3. The third kappa shape index (κ3) is 5.82. The van der Waals surface area contributed by atoms with Gasteiger partial charge in [-0.1, -0.05) is 6.92 Å². The van der Waals surface area contributed by atoms with Gasteiger partial charge in [0, 0.05) is 25.2 Å². The zero-order valence-corrected chi connectivity index (χ0v) is 11.3. The molecule has 0 bridgehead atoms. The molecule has 2 unspecified atom stereocenters. The van der Waals surface area contributed by atoms with Gasteiger partial charge in [-0.3, -0.25) is 0 Å². The Balaban J connectivity index is 2.24. The van der Waals surface area contributed by atoms with Gasteiger partial charge in [-0.05, 0) is 39.2 Å². The minimum atomic E-state index is -0.447. The van der Waals surface area contributed by atoms with Crippen LogP contribution >= 0.6 is 0 Å². The van der Waals surface area contributed by atoms with Crippen molar-refractivity contribution in [3.8, 4) is 0 Å². The van der Waals surface area contributed by atoms with E-state index in [2.05, 4.69) is 11.8 Å². The summed E-state index contributed by atoms with van der Waals surface area (Å²) in [6.45, 7) is 8.07. The second-order valence-electron chi connectivity index (χ2n) is 5.50. The van der Waals surface area contributed by atoms with Crippen molar-refractivity contribution in [2.75, 3.05) is 32.8 Å². The lowest BCUT2D eigenvalue weighted by atomic mass is 9.99. The predicted molar refractivity (Wildman–Crippen MR) is 70.0 cm³/mol. The monoisotopic (exact) mass is 244 g/mol. The molecule has 1 aliphatic heterocycles. The van der Waals surface area contributed by atoms with Crippen molar-refractivity contribution < 1.29 is 9.84 Å². The molecule has 0 aromatic heterocycles. The van der Waals surface area contributed by atoms with Crippen molar-refractivity contribution in [1.82, 2.24) is 4.90 Å². The van der Waals surface area contributed by atoms with Crippen LogP contribution in [0.4, 0.5) is 0 Å². The van der Waals surface area contributed by atoms with Crippen molar-refractivity contribution in [2.45, 2.75) is 51.2 Å². The largest absolute Gasteiger partial charge is 0.394 e. The van der Waals surface area contributed by atoms with Gasteiger partial charge in [-0.2, -0.15) is 0 Å². The van der Waals surface area contributed by atoms with Crippen LogP contribution in [0.3, 0.4) is 0 Å². The molecule has 102 valence electrons. The van der Waals surface area contributed by atoms with E-state index in [1.54, 1.807) is 0 Å². The van der Waals surface area contributed by atoms with E-state index in [1.807, 2.05) is 6.92 Å². The third-order valence-corrected chi connectivity index (χ3v) is 3.38. The quantitative estimate of drug-likeness (QED) is 0.701. The maximum Gasteiger partial charge on any atom is 0.0702 e. The summed E-state index contributed by atoms with van der Waals surface area (Å²) in [5.74, 6) is 0. The molecule has 1 rings (SSSR count). The summed E-state index contributed by atoms with van der Waals surface area (Å²) in [4.78, 5) is 2.41. The Bertz CT molecular complexity index is 210. The van der Waals surface area contributed by atoms with Gasteiger partial charge in [0.1, 0.15) is 0 Å². The number of likely N-dealkylation sites (tertiary alicyclic amines) is 1. The summed E-state index contributed by atoms with van der Waals surface area (Å²) in [6.07, 6.45) is 4.69. The molecule has 1 fully saturated rings. The number of aliphatic hydroxyl groups is 1. The van der Waals surface area contributed by atoms with Crippen LogP contribution < -0.4 is 5.73 Å². The zero-order chi connectivity index (χ0) is 12.7. The SMILES string of the molecule is CCCOC1CCCN(CCC(C)(N)CO)C1. The number of hydrogen-bond donors (Lipinski definition) is 2. The number of aliphatic hydroxyl groups excluding tert-OH is 1. The average Bonchev–Trinajstić information content (AvgIpc) is 2.35. The van der Waals surface area contributed by atoms with E-state index in [4.69, 9.17) is 15.6 Å². The molecule has 4 nitrogen and oxygen atoms in total. The summed E-state index contributed by atoms with van der Waals surface area (Å²) in [7, 11) is 0. The van der Waals surface area contributed by atoms with Crippen LogP contribution in [0, 0.1) is 0 Å². The number of ether oxygens (including phenoxy) is 1. The molecule has 1 saturated heterocycles. The van der Waals surface area contributed by atoms with E-state index in [0.717, 1.165) is 39.1 Å². The fourth-order valence-electron chi connectivity index (χ4n) is 2.13. The third-order valence-electron chi connectivity index (χ3n) is 3.38. The van der Waals surface area contributed by atoms with Gasteiger partial charge in [0.05, 0.1) is 12.7 Å². The Kier molecular flexibility index (Phi) is 6.41. The molecule has 2 atom stereocenters. The first-order chi connectivity index (χ1) is 8.07. The van der Waals surface area contributed by atoms with Gasteiger partial charge in [-0.25, -0.2) is 0 Å². The molecule has 0 spiro atoms. The van der Waals surface area contributed by atoms with Crippen LogP contribution in [-0.2, 0) is 4.74 Å². The maximum atomic E-state index is 9.12. The van der Waals surface area contributed by atoms with Crippen molar-refractivity contribution in [3.63, 3.8) is 0 Å². The molecular weight excluding hydrogens is 216 g/mol. The van der Waals surface area contributed by atoms with Gasteiger partial charge in [0.15, 0.2) is 0 Å². The van der Waals surface area contributed by atoms with E-state index in [9.17, 15) is 0 Å². The predicted octanol–water partition coefficient (Wildman–Crippen LogP) is 0.977. The Morgan fingerprint density at radius 3 is 2.94 bits per heavy atom. The Morgan fingerprint density at radius 2 is 2.29 bits per heavy atom. The van der Waals surface area contributed by atoms with Crippen molar-refractivity contribution in [1.29, 1.82) is 0 Å². The fourth-order valence-corrected chi connectivity index (χ4v) is 2.13. The number of piperidine rings is 1. The molecule has 1 heterocycles. The van der Waals surface area contributed by atoms with E-state index in [1.165, 1.54) is 12.8 Å². The highest BCUT2D eigenvalue weighted by Crippen LogP contribution is 2.15. The van der Waals surface area contributed by atoms with E-state index in [0.29, 0.717) is 6.10 Å². The van der Waals surface area contributed by atoms with Gasteiger partial charge in [0.2, 0.25) is 0 Å². The lowest BCUT2D eigenvalue weighted by Crippen LogP contribution is -2.46. The standard InChI is InChI=1S/C13H28N2O2/c1-3-9-17-12-5-4-7-15(10-12)8-6-13(2,14)11-16/h12,16H,3-11,14H2,1-2H3. The molecule has 17 heavy (non-hydrogen) atoms. The second kappa shape index (κ2) is 7.31. The first kappa shape index (κ1) is 14.9. The summed E-state index contributed by atoms with van der Waals surface area (Å²) in [6, 6.07) is 0. The summed E-state index contributed by atoms with van der Waals surface area (Å²) < 4.78 is 5.80. The molecule has 0 saturated carbocycles. The second-order valence-corrected chi connectivity index (χ2v) is 5.50. The van der Waals surface area contributed by atoms with Crippen LogP contribution in [-0.4, -0.2) is 54.5 Å². The molecule has 3 N–H and O–H groups in total. The van der Waals surface area contributed by atoms with Crippen LogP contribution in [0.2, 0.25) is 0 Å². The lowest BCUT2D eigenvalue weighted by Gasteiger charge is -2.34. The summed E-state index contributed by atoms with van der Waals surface area (Å²) in [5.41, 5.74) is 5.49. The normalized spacial score (nSPS) is 25.8. The summed E-state index contributed by atoms with van der Waals surface area (Å²) in [5, 5.41) is 9.12. The van der Waals surface area contributed by atoms with Crippen molar-refractivity contribution in [2.24, 2.45) is 5.73 Å². The maximum absolute atomic E-state index is 9.12. The topological polar surface area (TPSA) is 58.7 Å². The van der Waals surface area contributed by atoms with E-state index >= 15 is 0 Å². The Labute approximate surface area is 105 Å². The van der Waals surface area contributed by atoms with Crippen molar-refractivity contribution in [3.05, 3.63) is 0 Å². The molecule has 0 aromatic carbocycles. The van der Waals surface area contributed by atoms with E-state index in [-0.39, 0.29) is 6.61 Å². The highest BCUT2D eigenvalue weighted by Gasteiger charge is 2.23. The average molecular weight is 244 g/mol. The van der Waals surface area contributed by atoms with Gasteiger partial charge < -0.3 is 20.5 Å². The van der Waals surface area contributed by atoms with Crippen LogP contribution in [0.1, 0.15) is 39.5 Å². The molecule has 4 heteroatoms. The Morgan fingerprint density at radius 1 is 1.53 bits per heavy atom. The van der Waals surface area contributed by atoms with Crippen molar-refractivity contribution >= 4 is 0 Å². The first-order valence-electron chi connectivity index (χ1n) is 6.81. The smallest absolute Gasteiger partial charge is 0.0702 e. The van der Waals surface area contributed by atoms with Crippen LogP contribution in [0.15, 0.2) is 0 Å². The highest BCUT2D eigenvalue weighted by molar-refractivity contribution is 4.81. The van der Waals surface area contributed by atoms with Gasteiger partial charge >= 0.3 is 0 Å². The molecular formula is C13H28N2O2. The molecule has 0 radical (unpaired) electrons. The van der Waals surface area contributed by atoms with E-state index < -0.39 is 5.54 Å². The number of nitrogens with two attached hydrogens (primary N) is 1. The number of nitrogens with zero attached hydrogens (tertiary/aromatic N) is 1. The number of hydrogen-bond acceptors (Lipinski definition) is 4. The molecule has 0 aromatic rings.